The van der Waals surface area contributed by atoms with Gasteiger partial charge < -0.3 is 5.32 Å². The number of benzene rings is 1. The predicted octanol–water partition coefficient (Wildman–Crippen LogP) is 4.22. The van der Waals surface area contributed by atoms with E-state index in [0.717, 1.165) is 25.0 Å². The van der Waals surface area contributed by atoms with E-state index < -0.39 is 0 Å². The summed E-state index contributed by atoms with van der Waals surface area (Å²) >= 11 is 0. The van der Waals surface area contributed by atoms with Crippen molar-refractivity contribution in [3.63, 3.8) is 0 Å². The summed E-state index contributed by atoms with van der Waals surface area (Å²) in [6, 6.07) is 11.6. The number of hydrogen-bond acceptors (Lipinski definition) is 2. The molecule has 1 N–H and O–H groups in total. The zero-order valence-electron chi connectivity index (χ0n) is 13.6. The summed E-state index contributed by atoms with van der Waals surface area (Å²) in [5.41, 5.74) is 4.19. The Kier molecular flexibility index (Phi) is 5.70. The molecular weight excluding hydrogens is 272 g/mol. The Morgan fingerprint density at radius 1 is 1.23 bits per heavy atom. The molecule has 116 valence electrons. The molecule has 0 fully saturated rings. The van der Waals surface area contributed by atoms with Gasteiger partial charge in [-0.25, -0.2) is 0 Å². The van der Waals surface area contributed by atoms with Crippen LogP contribution in [0.15, 0.2) is 42.6 Å². The van der Waals surface area contributed by atoms with E-state index in [9.17, 15) is 4.79 Å². The molecule has 0 saturated carbocycles. The van der Waals surface area contributed by atoms with Crippen molar-refractivity contribution in [3.05, 3.63) is 65.0 Å². The average molecular weight is 296 g/mol. The van der Waals surface area contributed by atoms with E-state index in [4.69, 9.17) is 0 Å². The number of rotatable bonds is 2. The van der Waals surface area contributed by atoms with Gasteiger partial charge in [-0.3, -0.25) is 9.78 Å². The van der Waals surface area contributed by atoms with Crippen molar-refractivity contribution in [1.29, 1.82) is 0 Å². The van der Waals surface area contributed by atoms with E-state index in [1.807, 2.05) is 50.4 Å². The lowest BCUT2D eigenvalue weighted by Crippen LogP contribution is -2.31. The van der Waals surface area contributed by atoms with Crippen LogP contribution in [0.5, 0.6) is 0 Å². The predicted molar refractivity (Wildman–Crippen MR) is 89.9 cm³/mol. The fraction of sp³-hybridized carbons (Fsp3) is 0.368. The summed E-state index contributed by atoms with van der Waals surface area (Å²) in [6.07, 6.45) is 4.99. The lowest BCUT2D eigenvalue weighted by molar-refractivity contribution is 0.0931. The zero-order valence-corrected chi connectivity index (χ0v) is 13.6. The van der Waals surface area contributed by atoms with Gasteiger partial charge in [0.2, 0.25) is 0 Å². The first-order chi connectivity index (χ1) is 10.7. The molecule has 1 unspecified atom stereocenters. The fourth-order valence-corrected chi connectivity index (χ4v) is 2.76. The quantitative estimate of drug-likeness (QED) is 0.901. The van der Waals surface area contributed by atoms with Gasteiger partial charge in [0.1, 0.15) is 0 Å². The SMILES string of the molecule is CC.Cc1cnc2c(c1)CCCC2NC(=O)c1ccccc1. The highest BCUT2D eigenvalue weighted by Crippen LogP contribution is 2.28. The number of fused-ring (bicyclic) bond motifs is 1. The maximum atomic E-state index is 12.3. The van der Waals surface area contributed by atoms with E-state index in [0.29, 0.717) is 5.56 Å². The van der Waals surface area contributed by atoms with Crippen molar-refractivity contribution in [1.82, 2.24) is 10.3 Å². The van der Waals surface area contributed by atoms with Crippen LogP contribution < -0.4 is 5.32 Å². The van der Waals surface area contributed by atoms with E-state index >= 15 is 0 Å². The summed E-state index contributed by atoms with van der Waals surface area (Å²) in [5, 5.41) is 3.11. The first-order valence-electron chi connectivity index (χ1n) is 8.05. The summed E-state index contributed by atoms with van der Waals surface area (Å²) in [7, 11) is 0. The fourth-order valence-electron chi connectivity index (χ4n) is 2.76. The molecule has 22 heavy (non-hydrogen) atoms. The first kappa shape index (κ1) is 16.2. The number of aromatic nitrogens is 1. The van der Waals surface area contributed by atoms with Crippen molar-refractivity contribution in [3.8, 4) is 0 Å². The number of hydrogen-bond donors (Lipinski definition) is 1. The Balaban J connectivity index is 0.000000847. The average Bonchev–Trinajstić information content (AvgIpc) is 2.57. The molecule has 0 bridgehead atoms. The van der Waals surface area contributed by atoms with Gasteiger partial charge in [0.15, 0.2) is 0 Å². The van der Waals surface area contributed by atoms with Crippen LogP contribution in [0, 0.1) is 6.92 Å². The number of nitrogens with zero attached hydrogens (tertiary/aromatic N) is 1. The van der Waals surface area contributed by atoms with E-state index in [1.54, 1.807) is 0 Å². The second-order valence-electron chi connectivity index (χ2n) is 5.34. The molecular formula is C19H24N2O. The largest absolute Gasteiger partial charge is 0.344 e. The van der Waals surface area contributed by atoms with Gasteiger partial charge in [0.05, 0.1) is 11.7 Å². The van der Waals surface area contributed by atoms with Gasteiger partial charge in [-0.2, -0.15) is 0 Å². The second kappa shape index (κ2) is 7.74. The van der Waals surface area contributed by atoms with Crippen molar-refractivity contribution in [2.75, 3.05) is 0 Å². The monoisotopic (exact) mass is 296 g/mol. The molecule has 0 radical (unpaired) electrons. The Labute approximate surface area is 132 Å². The van der Waals surface area contributed by atoms with Gasteiger partial charge in [-0.1, -0.05) is 38.1 Å². The highest BCUT2D eigenvalue weighted by Gasteiger charge is 2.23. The van der Waals surface area contributed by atoms with Crippen molar-refractivity contribution < 1.29 is 4.79 Å². The van der Waals surface area contributed by atoms with E-state index in [-0.39, 0.29) is 11.9 Å². The lowest BCUT2D eigenvalue weighted by Gasteiger charge is -2.25. The summed E-state index contributed by atoms with van der Waals surface area (Å²) in [4.78, 5) is 16.8. The third kappa shape index (κ3) is 3.73. The van der Waals surface area contributed by atoms with Crippen LogP contribution in [0.3, 0.4) is 0 Å². The number of aryl methyl sites for hydroxylation is 2. The van der Waals surface area contributed by atoms with Gasteiger partial charge in [-0.15, -0.1) is 0 Å². The number of carbonyl (C=O) groups is 1. The standard InChI is InChI=1S/C17H18N2O.C2H6/c1-12-10-14-8-5-9-15(16(14)18-11-12)19-17(20)13-6-3-2-4-7-13;1-2/h2-4,6-7,10-11,15H,5,8-9H2,1H3,(H,19,20);1-2H3. The van der Waals surface area contributed by atoms with Crippen LogP contribution >= 0.6 is 0 Å². The van der Waals surface area contributed by atoms with Crippen LogP contribution in [-0.4, -0.2) is 10.9 Å². The highest BCUT2D eigenvalue weighted by molar-refractivity contribution is 5.94. The Bertz CT molecular complexity index is 623. The maximum Gasteiger partial charge on any atom is 0.251 e. The Hall–Kier alpha value is -2.16. The van der Waals surface area contributed by atoms with E-state index in [1.165, 1.54) is 11.1 Å². The summed E-state index contributed by atoms with van der Waals surface area (Å²) in [6.45, 7) is 6.06. The van der Waals surface area contributed by atoms with Crippen LogP contribution in [-0.2, 0) is 6.42 Å². The molecule has 3 nitrogen and oxygen atoms in total. The smallest absolute Gasteiger partial charge is 0.251 e. The van der Waals surface area contributed by atoms with Crippen molar-refractivity contribution in [2.24, 2.45) is 0 Å². The molecule has 3 rings (SSSR count). The zero-order chi connectivity index (χ0) is 15.9. The van der Waals surface area contributed by atoms with Crippen molar-refractivity contribution in [2.45, 2.75) is 46.1 Å². The molecule has 1 aliphatic carbocycles. The third-order valence-corrected chi connectivity index (χ3v) is 3.75. The molecule has 1 aromatic carbocycles. The van der Waals surface area contributed by atoms with Crippen LogP contribution in [0.25, 0.3) is 0 Å². The Morgan fingerprint density at radius 2 is 1.95 bits per heavy atom. The topological polar surface area (TPSA) is 42.0 Å². The second-order valence-corrected chi connectivity index (χ2v) is 5.34. The summed E-state index contributed by atoms with van der Waals surface area (Å²) in [5.74, 6) is -0.0224. The minimum atomic E-state index is -0.0224. The number of pyridine rings is 1. The highest BCUT2D eigenvalue weighted by atomic mass is 16.1. The molecule has 0 spiro atoms. The van der Waals surface area contributed by atoms with Gasteiger partial charge >= 0.3 is 0 Å². The van der Waals surface area contributed by atoms with Gasteiger partial charge in [0.25, 0.3) is 5.91 Å². The molecule has 2 aromatic rings. The molecule has 3 heteroatoms. The van der Waals surface area contributed by atoms with Crippen LogP contribution in [0.4, 0.5) is 0 Å². The molecule has 0 aliphatic heterocycles. The van der Waals surface area contributed by atoms with Gasteiger partial charge in [0, 0.05) is 11.8 Å². The Morgan fingerprint density at radius 3 is 2.68 bits per heavy atom. The lowest BCUT2D eigenvalue weighted by atomic mass is 9.91. The van der Waals surface area contributed by atoms with Gasteiger partial charge in [-0.05, 0) is 49.4 Å². The molecule has 1 amide bonds. The minimum absolute atomic E-state index is 0.0224. The first-order valence-corrected chi connectivity index (χ1v) is 8.05. The number of nitrogens with one attached hydrogen (secondary N) is 1. The third-order valence-electron chi connectivity index (χ3n) is 3.75. The summed E-state index contributed by atoms with van der Waals surface area (Å²) < 4.78 is 0. The molecule has 1 atom stereocenters. The normalized spacial score (nSPS) is 16.0. The molecule has 1 aliphatic rings. The minimum Gasteiger partial charge on any atom is -0.344 e. The molecule has 1 aromatic heterocycles. The van der Waals surface area contributed by atoms with Crippen LogP contribution in [0.1, 0.15) is 59.9 Å². The number of carbonyl (C=O) groups excluding carboxylic acids is 1. The molecule has 0 saturated heterocycles. The van der Waals surface area contributed by atoms with Crippen LogP contribution in [0.2, 0.25) is 0 Å². The number of amides is 1. The molecule has 1 heterocycles. The van der Waals surface area contributed by atoms with E-state index in [2.05, 4.69) is 23.3 Å². The maximum absolute atomic E-state index is 12.3. The van der Waals surface area contributed by atoms with Crippen molar-refractivity contribution >= 4 is 5.91 Å².